The molecule has 1 N–H and O–H groups in total. The summed E-state index contributed by atoms with van der Waals surface area (Å²) in [7, 11) is 0. The van der Waals surface area contributed by atoms with E-state index in [-0.39, 0.29) is 11.9 Å². The number of aryl methyl sites for hydroxylation is 3. The van der Waals surface area contributed by atoms with Crippen LogP contribution in [0.1, 0.15) is 65.5 Å². The number of nitrogens with one attached hydrogen (secondary N) is 1. The minimum Gasteiger partial charge on any atom is -0.345 e. The van der Waals surface area contributed by atoms with E-state index < -0.39 is 0 Å². The molecule has 3 aromatic rings. The number of rotatable bonds is 2. The normalized spacial score (nSPS) is 19.2. The van der Waals surface area contributed by atoms with Gasteiger partial charge in [0.15, 0.2) is 0 Å². The van der Waals surface area contributed by atoms with Gasteiger partial charge < -0.3 is 9.88 Å². The van der Waals surface area contributed by atoms with Crippen LogP contribution in [0.2, 0.25) is 0 Å². The Labute approximate surface area is 159 Å². The summed E-state index contributed by atoms with van der Waals surface area (Å²) >= 11 is 0. The summed E-state index contributed by atoms with van der Waals surface area (Å²) in [6.45, 7) is 1.04. The highest BCUT2D eigenvalue weighted by atomic mass is 16.1. The zero-order valence-corrected chi connectivity index (χ0v) is 15.6. The molecule has 0 bridgehead atoms. The highest BCUT2D eigenvalue weighted by Gasteiger charge is 2.22. The van der Waals surface area contributed by atoms with Gasteiger partial charge in [-0.05, 0) is 61.4 Å². The summed E-state index contributed by atoms with van der Waals surface area (Å²) in [6, 6.07) is 14.6. The molecule has 2 heterocycles. The molecule has 2 aliphatic rings. The first-order chi connectivity index (χ1) is 13.3. The smallest absolute Gasteiger partial charge is 0.251 e. The van der Waals surface area contributed by atoms with Crippen LogP contribution >= 0.6 is 0 Å². The molecule has 1 aromatic heterocycles. The molecule has 0 saturated carbocycles. The number of hydrogen-bond acceptors (Lipinski definition) is 2. The first-order valence-corrected chi connectivity index (χ1v) is 10.2. The van der Waals surface area contributed by atoms with E-state index in [2.05, 4.69) is 40.2 Å². The van der Waals surface area contributed by atoms with Crippen molar-refractivity contribution in [3.63, 3.8) is 0 Å². The lowest BCUT2D eigenvalue weighted by atomic mass is 9.87. The maximum absolute atomic E-state index is 12.9. The number of hydrogen-bond donors (Lipinski definition) is 1. The molecule has 0 unspecified atom stereocenters. The predicted octanol–water partition coefficient (Wildman–Crippen LogP) is 4.57. The Balaban J connectivity index is 1.42. The van der Waals surface area contributed by atoms with Crippen molar-refractivity contribution in [2.75, 3.05) is 0 Å². The van der Waals surface area contributed by atoms with Crippen molar-refractivity contribution in [2.45, 2.75) is 57.5 Å². The molecule has 138 valence electrons. The largest absolute Gasteiger partial charge is 0.345 e. The van der Waals surface area contributed by atoms with Crippen molar-refractivity contribution in [3.8, 4) is 0 Å². The summed E-state index contributed by atoms with van der Waals surface area (Å²) < 4.78 is 2.33. The standard InChI is InChI=1S/C23H25N3O/c27-23(25-19-10-6-8-16-7-3-4-9-18(16)19)17-12-13-21-20(15-17)24-22-11-2-1-5-14-26(21)22/h3-4,7,9,12-13,15,19H,1-2,5-6,8,10-11,14H2,(H,25,27)/t19-/m1/s1. The van der Waals surface area contributed by atoms with Crippen molar-refractivity contribution in [1.82, 2.24) is 14.9 Å². The molecule has 27 heavy (non-hydrogen) atoms. The van der Waals surface area contributed by atoms with Gasteiger partial charge in [0.05, 0.1) is 17.1 Å². The Morgan fingerprint density at radius 2 is 1.96 bits per heavy atom. The summed E-state index contributed by atoms with van der Waals surface area (Å²) in [5.74, 6) is 1.17. The average molecular weight is 359 g/mol. The number of amides is 1. The summed E-state index contributed by atoms with van der Waals surface area (Å²) in [4.78, 5) is 17.7. The minimum absolute atomic E-state index is 0.00166. The number of nitrogens with zero attached hydrogens (tertiary/aromatic N) is 2. The maximum atomic E-state index is 12.9. The molecule has 1 atom stereocenters. The molecular weight excluding hydrogens is 334 g/mol. The van der Waals surface area contributed by atoms with E-state index in [0.717, 1.165) is 43.3 Å². The van der Waals surface area contributed by atoms with E-state index in [1.807, 2.05) is 12.1 Å². The molecule has 1 aliphatic carbocycles. The van der Waals surface area contributed by atoms with Gasteiger partial charge in [0.25, 0.3) is 5.91 Å². The highest BCUT2D eigenvalue weighted by Crippen LogP contribution is 2.30. The predicted molar refractivity (Wildman–Crippen MR) is 107 cm³/mol. The van der Waals surface area contributed by atoms with Gasteiger partial charge in [-0.2, -0.15) is 0 Å². The molecule has 0 radical (unpaired) electrons. The third kappa shape index (κ3) is 3.03. The van der Waals surface area contributed by atoms with Crippen LogP contribution in [0.25, 0.3) is 11.0 Å². The van der Waals surface area contributed by atoms with Gasteiger partial charge in [-0.15, -0.1) is 0 Å². The van der Waals surface area contributed by atoms with Crippen molar-refractivity contribution in [2.24, 2.45) is 0 Å². The Hall–Kier alpha value is -2.62. The van der Waals surface area contributed by atoms with Crippen LogP contribution in [-0.4, -0.2) is 15.5 Å². The lowest BCUT2D eigenvalue weighted by molar-refractivity contribution is 0.0933. The van der Waals surface area contributed by atoms with Crippen LogP contribution in [0.15, 0.2) is 42.5 Å². The SMILES string of the molecule is O=C(N[C@@H]1CCCc2ccccc21)c1ccc2c(c1)nc1n2CCCCC1. The van der Waals surface area contributed by atoms with Gasteiger partial charge in [0.1, 0.15) is 5.82 Å². The lowest BCUT2D eigenvalue weighted by Gasteiger charge is -2.26. The second-order valence-electron chi connectivity index (χ2n) is 7.81. The molecule has 5 rings (SSSR count). The number of imidazole rings is 1. The molecule has 1 amide bonds. The van der Waals surface area contributed by atoms with Crippen LogP contribution in [0.4, 0.5) is 0 Å². The topological polar surface area (TPSA) is 46.9 Å². The van der Waals surface area contributed by atoms with Crippen LogP contribution < -0.4 is 5.32 Å². The maximum Gasteiger partial charge on any atom is 0.251 e. The second-order valence-corrected chi connectivity index (χ2v) is 7.81. The van der Waals surface area contributed by atoms with E-state index in [4.69, 9.17) is 4.98 Å². The number of aromatic nitrogens is 2. The molecule has 1 aliphatic heterocycles. The van der Waals surface area contributed by atoms with Gasteiger partial charge >= 0.3 is 0 Å². The molecule has 0 fully saturated rings. The second kappa shape index (κ2) is 6.84. The number of fused-ring (bicyclic) bond motifs is 4. The van der Waals surface area contributed by atoms with Gasteiger partial charge in [-0.3, -0.25) is 4.79 Å². The van der Waals surface area contributed by atoms with Crippen LogP contribution in [0, 0.1) is 0 Å². The fourth-order valence-electron chi connectivity index (χ4n) is 4.64. The molecule has 4 heteroatoms. The number of benzene rings is 2. The van der Waals surface area contributed by atoms with Crippen molar-refractivity contribution >= 4 is 16.9 Å². The van der Waals surface area contributed by atoms with E-state index in [1.165, 1.54) is 36.2 Å². The lowest BCUT2D eigenvalue weighted by Crippen LogP contribution is -2.30. The number of carbonyl (C=O) groups excluding carboxylic acids is 1. The Morgan fingerprint density at radius 1 is 1.04 bits per heavy atom. The van der Waals surface area contributed by atoms with Gasteiger partial charge in [0, 0.05) is 18.5 Å². The fourth-order valence-corrected chi connectivity index (χ4v) is 4.64. The van der Waals surface area contributed by atoms with E-state index >= 15 is 0 Å². The van der Waals surface area contributed by atoms with Crippen molar-refractivity contribution in [3.05, 3.63) is 65.0 Å². The summed E-state index contributed by atoms with van der Waals surface area (Å²) in [5.41, 5.74) is 5.45. The van der Waals surface area contributed by atoms with Gasteiger partial charge in [-0.1, -0.05) is 30.7 Å². The van der Waals surface area contributed by atoms with E-state index in [1.54, 1.807) is 0 Å². The number of carbonyl (C=O) groups is 1. The average Bonchev–Trinajstić information content (AvgIpc) is 2.88. The molecule has 0 spiro atoms. The fraction of sp³-hybridized carbons (Fsp3) is 0.391. The molecule has 2 aromatic carbocycles. The minimum atomic E-state index is 0.00166. The van der Waals surface area contributed by atoms with Gasteiger partial charge in [-0.25, -0.2) is 4.98 Å². The van der Waals surface area contributed by atoms with Crippen LogP contribution in [0.3, 0.4) is 0 Å². The van der Waals surface area contributed by atoms with Crippen LogP contribution in [-0.2, 0) is 19.4 Å². The van der Waals surface area contributed by atoms with E-state index in [9.17, 15) is 4.79 Å². The Morgan fingerprint density at radius 3 is 2.93 bits per heavy atom. The van der Waals surface area contributed by atoms with Crippen molar-refractivity contribution < 1.29 is 4.79 Å². The van der Waals surface area contributed by atoms with Crippen LogP contribution in [0.5, 0.6) is 0 Å². The molecule has 4 nitrogen and oxygen atoms in total. The van der Waals surface area contributed by atoms with Crippen molar-refractivity contribution in [1.29, 1.82) is 0 Å². The Bertz CT molecular complexity index is 1000. The zero-order chi connectivity index (χ0) is 18.2. The van der Waals surface area contributed by atoms with E-state index in [0.29, 0.717) is 5.56 Å². The summed E-state index contributed by atoms with van der Waals surface area (Å²) in [6.07, 6.45) is 7.95. The third-order valence-corrected chi connectivity index (χ3v) is 6.05. The molecular formula is C23H25N3O. The first-order valence-electron chi connectivity index (χ1n) is 10.2. The quantitative estimate of drug-likeness (QED) is 0.728. The Kier molecular flexibility index (Phi) is 4.19. The zero-order valence-electron chi connectivity index (χ0n) is 15.6. The third-order valence-electron chi connectivity index (χ3n) is 6.05. The summed E-state index contributed by atoms with van der Waals surface area (Å²) in [5, 5.41) is 3.25. The first kappa shape index (κ1) is 16.5. The highest BCUT2D eigenvalue weighted by molar-refractivity contribution is 5.97. The molecule has 0 saturated heterocycles. The monoisotopic (exact) mass is 359 g/mol. The van der Waals surface area contributed by atoms with Gasteiger partial charge in [0.2, 0.25) is 0 Å².